The van der Waals surface area contributed by atoms with Gasteiger partial charge in [0, 0.05) is 9.79 Å². The van der Waals surface area contributed by atoms with E-state index in [1.54, 1.807) is 16.7 Å². The highest BCUT2D eigenvalue weighted by atomic mass is 32.2. The van der Waals surface area contributed by atoms with Crippen molar-refractivity contribution in [1.82, 2.24) is 0 Å². The molecule has 0 spiro atoms. The van der Waals surface area contributed by atoms with Gasteiger partial charge in [0.1, 0.15) is 0 Å². The summed E-state index contributed by atoms with van der Waals surface area (Å²) >= 11 is 1.62. The van der Waals surface area contributed by atoms with Crippen LogP contribution in [0.25, 0.3) is 0 Å². The summed E-state index contributed by atoms with van der Waals surface area (Å²) in [4.78, 5) is 27.4. The first-order valence-corrected chi connectivity index (χ1v) is 8.25. The molecule has 1 amide bonds. The van der Waals surface area contributed by atoms with Crippen LogP contribution in [0, 0.1) is 5.92 Å². The molecular weight excluding hydrogens is 310 g/mol. The Balaban J connectivity index is 2.01. The van der Waals surface area contributed by atoms with Gasteiger partial charge in [-0.25, -0.2) is 9.69 Å². The number of ether oxygens (including phenoxy) is 1. The van der Waals surface area contributed by atoms with Crippen molar-refractivity contribution in [2.75, 3.05) is 4.90 Å². The average Bonchev–Trinajstić information content (AvgIpc) is 2.56. The molecule has 0 fully saturated rings. The normalized spacial score (nSPS) is 14.0. The lowest BCUT2D eigenvalue weighted by atomic mass is 10.1. The number of amides is 1. The van der Waals surface area contributed by atoms with Crippen molar-refractivity contribution in [3.63, 3.8) is 0 Å². The second-order valence-corrected chi connectivity index (χ2v) is 6.69. The average molecular weight is 327 g/mol. The van der Waals surface area contributed by atoms with Crippen molar-refractivity contribution in [3.05, 3.63) is 48.5 Å². The van der Waals surface area contributed by atoms with E-state index < -0.39 is 12.2 Å². The van der Waals surface area contributed by atoms with E-state index in [1.807, 2.05) is 62.4 Å². The summed E-state index contributed by atoms with van der Waals surface area (Å²) in [6, 6.07) is 15.3. The fourth-order valence-corrected chi connectivity index (χ4v) is 3.45. The quantitative estimate of drug-likeness (QED) is 0.770. The predicted octanol–water partition coefficient (Wildman–Crippen LogP) is 4.65. The molecule has 4 nitrogen and oxygen atoms in total. The van der Waals surface area contributed by atoms with Crippen LogP contribution in [0.15, 0.2) is 58.3 Å². The highest BCUT2D eigenvalue weighted by Gasteiger charge is 2.31. The topological polar surface area (TPSA) is 46.6 Å². The molecule has 1 unspecified atom stereocenters. The number of nitrogens with zero attached hydrogens (tertiary/aromatic N) is 1. The van der Waals surface area contributed by atoms with Crippen LogP contribution >= 0.6 is 11.8 Å². The minimum absolute atomic E-state index is 0.0684. The number of aldehydes is 1. The third-order valence-electron chi connectivity index (χ3n) is 3.64. The van der Waals surface area contributed by atoms with E-state index in [0.717, 1.165) is 21.2 Å². The summed E-state index contributed by atoms with van der Waals surface area (Å²) in [7, 11) is 0. The van der Waals surface area contributed by atoms with Gasteiger partial charge in [-0.15, -0.1) is 0 Å². The monoisotopic (exact) mass is 327 g/mol. The van der Waals surface area contributed by atoms with E-state index in [2.05, 4.69) is 0 Å². The molecule has 0 N–H and O–H groups in total. The lowest BCUT2D eigenvalue weighted by Gasteiger charge is -2.31. The summed E-state index contributed by atoms with van der Waals surface area (Å²) in [5, 5.41) is 0. The van der Waals surface area contributed by atoms with E-state index in [4.69, 9.17) is 4.74 Å². The van der Waals surface area contributed by atoms with Crippen LogP contribution in [0.4, 0.5) is 16.2 Å². The Bertz CT molecular complexity index is 699. The third kappa shape index (κ3) is 2.97. The summed E-state index contributed by atoms with van der Waals surface area (Å²) in [6.07, 6.45) is -0.605. The summed E-state index contributed by atoms with van der Waals surface area (Å²) < 4.78 is 5.42. The molecule has 23 heavy (non-hydrogen) atoms. The van der Waals surface area contributed by atoms with Gasteiger partial charge in [0.05, 0.1) is 11.4 Å². The van der Waals surface area contributed by atoms with Gasteiger partial charge >= 0.3 is 6.09 Å². The zero-order chi connectivity index (χ0) is 16.4. The standard InChI is InChI=1S/C18H17NO3S/c1-12(2)15(11-20)22-18(21)19-13-7-3-5-9-16(13)23-17-10-6-4-8-14(17)19/h3-12,15H,1-2H3. The van der Waals surface area contributed by atoms with Crippen molar-refractivity contribution in [2.24, 2.45) is 5.92 Å². The van der Waals surface area contributed by atoms with E-state index in [1.165, 1.54) is 0 Å². The summed E-state index contributed by atoms with van der Waals surface area (Å²) in [5.74, 6) is -0.0684. The van der Waals surface area contributed by atoms with Crippen LogP contribution in [0.1, 0.15) is 13.8 Å². The fourth-order valence-electron chi connectivity index (χ4n) is 2.39. The van der Waals surface area contributed by atoms with E-state index >= 15 is 0 Å². The minimum atomic E-state index is -0.753. The van der Waals surface area contributed by atoms with Crippen molar-refractivity contribution in [2.45, 2.75) is 29.7 Å². The first-order valence-electron chi connectivity index (χ1n) is 7.43. The Hall–Kier alpha value is -2.27. The number of fused-ring (bicyclic) bond motifs is 2. The molecule has 1 heterocycles. The highest BCUT2D eigenvalue weighted by molar-refractivity contribution is 7.99. The molecule has 0 bridgehead atoms. The van der Waals surface area contributed by atoms with Crippen LogP contribution in [0.3, 0.4) is 0 Å². The Kier molecular flexibility index (Phi) is 4.39. The first-order chi connectivity index (χ1) is 11.1. The van der Waals surface area contributed by atoms with Crippen LogP contribution in [0.5, 0.6) is 0 Å². The van der Waals surface area contributed by atoms with E-state index in [-0.39, 0.29) is 5.92 Å². The van der Waals surface area contributed by atoms with Crippen molar-refractivity contribution >= 4 is 35.5 Å². The lowest BCUT2D eigenvalue weighted by molar-refractivity contribution is -0.116. The molecule has 0 saturated heterocycles. The van der Waals surface area contributed by atoms with Crippen LogP contribution in [0.2, 0.25) is 0 Å². The zero-order valence-electron chi connectivity index (χ0n) is 12.9. The largest absolute Gasteiger partial charge is 0.438 e. The number of benzene rings is 2. The van der Waals surface area contributed by atoms with Gasteiger partial charge in [-0.05, 0) is 30.2 Å². The van der Waals surface area contributed by atoms with Gasteiger partial charge in [-0.3, -0.25) is 4.79 Å². The van der Waals surface area contributed by atoms with Gasteiger partial charge < -0.3 is 4.74 Å². The fraction of sp³-hybridized carbons (Fsp3) is 0.222. The second kappa shape index (κ2) is 6.46. The SMILES string of the molecule is CC(C)C(C=O)OC(=O)N1c2ccccc2Sc2ccccc21. The van der Waals surface area contributed by atoms with Crippen molar-refractivity contribution in [3.8, 4) is 0 Å². The minimum Gasteiger partial charge on any atom is -0.438 e. The first kappa shape index (κ1) is 15.6. The number of hydrogen-bond acceptors (Lipinski definition) is 4. The molecule has 118 valence electrons. The number of rotatable bonds is 3. The molecular formula is C18H17NO3S. The number of anilines is 2. The maximum atomic E-state index is 12.7. The molecule has 1 aliphatic rings. The highest BCUT2D eigenvalue weighted by Crippen LogP contribution is 2.48. The number of carbonyl (C=O) groups excluding carboxylic acids is 2. The molecule has 1 atom stereocenters. The number of para-hydroxylation sites is 2. The third-order valence-corrected chi connectivity index (χ3v) is 4.77. The van der Waals surface area contributed by atoms with Gasteiger partial charge in [-0.2, -0.15) is 0 Å². The molecule has 2 aromatic rings. The Morgan fingerprint density at radius 2 is 1.57 bits per heavy atom. The molecule has 0 aromatic heterocycles. The Morgan fingerprint density at radius 1 is 1.04 bits per heavy atom. The smallest absolute Gasteiger partial charge is 0.419 e. The molecule has 0 saturated carbocycles. The van der Waals surface area contributed by atoms with Crippen molar-refractivity contribution < 1.29 is 14.3 Å². The number of carbonyl (C=O) groups is 2. The second-order valence-electron chi connectivity index (χ2n) is 5.60. The number of hydrogen-bond donors (Lipinski definition) is 0. The van der Waals surface area contributed by atoms with Crippen LogP contribution < -0.4 is 4.90 Å². The van der Waals surface area contributed by atoms with Gasteiger partial charge in [0.25, 0.3) is 0 Å². The lowest BCUT2D eigenvalue weighted by Crippen LogP contribution is -2.34. The van der Waals surface area contributed by atoms with E-state index in [9.17, 15) is 9.59 Å². The van der Waals surface area contributed by atoms with Crippen LogP contribution in [-0.2, 0) is 9.53 Å². The maximum Gasteiger partial charge on any atom is 0.419 e. The van der Waals surface area contributed by atoms with Gasteiger partial charge in [0.15, 0.2) is 12.4 Å². The Labute approximate surface area is 139 Å². The van der Waals surface area contributed by atoms with Crippen LogP contribution in [-0.4, -0.2) is 18.5 Å². The molecule has 2 aromatic carbocycles. The molecule has 3 rings (SSSR count). The predicted molar refractivity (Wildman–Crippen MR) is 90.3 cm³/mol. The maximum absolute atomic E-state index is 12.7. The zero-order valence-corrected chi connectivity index (χ0v) is 13.7. The Morgan fingerprint density at radius 3 is 2.04 bits per heavy atom. The molecule has 5 heteroatoms. The van der Waals surface area contributed by atoms with Crippen molar-refractivity contribution in [1.29, 1.82) is 0 Å². The van der Waals surface area contributed by atoms with Gasteiger partial charge in [0.2, 0.25) is 0 Å². The van der Waals surface area contributed by atoms with E-state index in [0.29, 0.717) is 6.29 Å². The van der Waals surface area contributed by atoms with Gasteiger partial charge in [-0.1, -0.05) is 49.9 Å². The summed E-state index contributed by atoms with van der Waals surface area (Å²) in [6.45, 7) is 3.70. The molecule has 0 aliphatic carbocycles. The molecule has 1 aliphatic heterocycles. The molecule has 0 radical (unpaired) electrons. The summed E-state index contributed by atoms with van der Waals surface area (Å²) in [5.41, 5.74) is 1.55.